The van der Waals surface area contributed by atoms with E-state index in [0.717, 1.165) is 35.7 Å². The highest BCUT2D eigenvalue weighted by atomic mass is 32.2. The summed E-state index contributed by atoms with van der Waals surface area (Å²) in [5.74, 6) is -0.0299. The van der Waals surface area contributed by atoms with E-state index >= 15 is 0 Å². The van der Waals surface area contributed by atoms with Crippen LogP contribution >= 0.6 is 24.0 Å². The summed E-state index contributed by atoms with van der Waals surface area (Å²) in [7, 11) is 1.70. The number of aryl methyl sites for hydroxylation is 1. The van der Waals surface area contributed by atoms with Crippen LogP contribution in [0.25, 0.3) is 17.0 Å². The van der Waals surface area contributed by atoms with Gasteiger partial charge in [-0.05, 0) is 30.9 Å². The quantitative estimate of drug-likeness (QED) is 0.577. The summed E-state index contributed by atoms with van der Waals surface area (Å²) in [6.07, 6.45) is 9.29. The van der Waals surface area contributed by atoms with Crippen LogP contribution in [0.2, 0.25) is 0 Å². The molecule has 4 rings (SSSR count). The van der Waals surface area contributed by atoms with Crippen molar-refractivity contribution in [2.24, 2.45) is 0 Å². The van der Waals surface area contributed by atoms with Crippen LogP contribution in [0.1, 0.15) is 43.7 Å². The van der Waals surface area contributed by atoms with Gasteiger partial charge < -0.3 is 9.88 Å². The molecule has 1 aliphatic carbocycles. The molecule has 1 saturated carbocycles. The third-order valence-corrected chi connectivity index (χ3v) is 7.19. The van der Waals surface area contributed by atoms with Crippen LogP contribution in [0, 0.1) is 0 Å². The molecule has 0 unspecified atom stereocenters. The zero-order valence-electron chi connectivity index (χ0n) is 16.7. The van der Waals surface area contributed by atoms with E-state index in [1.54, 1.807) is 7.05 Å². The van der Waals surface area contributed by atoms with Gasteiger partial charge in [0, 0.05) is 30.2 Å². The molecule has 2 fully saturated rings. The lowest BCUT2D eigenvalue weighted by Gasteiger charge is -2.13. The van der Waals surface area contributed by atoms with Crippen molar-refractivity contribution in [1.82, 2.24) is 14.8 Å². The fourth-order valence-electron chi connectivity index (χ4n) is 4.18. The maximum absolute atomic E-state index is 12.7. The van der Waals surface area contributed by atoms with Gasteiger partial charge in [0.05, 0.1) is 10.4 Å². The summed E-state index contributed by atoms with van der Waals surface area (Å²) in [6, 6.07) is 6.49. The van der Waals surface area contributed by atoms with Gasteiger partial charge in [-0.15, -0.1) is 0 Å². The number of nitrogens with zero attached hydrogens (tertiary/aromatic N) is 2. The summed E-state index contributed by atoms with van der Waals surface area (Å²) in [5, 5.41) is 4.23. The predicted molar refractivity (Wildman–Crippen MR) is 123 cm³/mol. The number of carbonyl (C=O) groups is 2. The predicted octanol–water partition coefficient (Wildman–Crippen LogP) is 4.09. The molecule has 5 nitrogen and oxygen atoms in total. The molecule has 1 saturated heterocycles. The molecule has 0 atom stereocenters. The van der Waals surface area contributed by atoms with Crippen LogP contribution in [0.3, 0.4) is 0 Å². The van der Waals surface area contributed by atoms with Crippen molar-refractivity contribution >= 4 is 57.1 Å². The van der Waals surface area contributed by atoms with Crippen molar-refractivity contribution in [2.75, 3.05) is 7.05 Å². The number of hydrogen-bond donors (Lipinski definition) is 1. The van der Waals surface area contributed by atoms with E-state index in [9.17, 15) is 9.59 Å². The van der Waals surface area contributed by atoms with Gasteiger partial charge in [-0.1, -0.05) is 61.9 Å². The summed E-state index contributed by atoms with van der Waals surface area (Å²) in [5.41, 5.74) is 3.20. The Morgan fingerprint density at radius 2 is 2.10 bits per heavy atom. The maximum Gasteiger partial charge on any atom is 0.265 e. The number of benzene rings is 1. The standard InChI is InChI=1S/C22H25N3O2S2/c1-3-14-7-6-10-17-15(11-18-21(27)24(2)22(28)29-18)12-25(20(14)17)13-19(26)23-16-8-4-5-9-16/h6-7,10-12,16H,3-5,8-9,13H2,1-2H3,(H,23,26)/b18-11-. The highest BCUT2D eigenvalue weighted by Gasteiger charge is 2.29. The number of carbonyl (C=O) groups excluding carboxylic acids is 2. The second kappa shape index (κ2) is 8.32. The Labute approximate surface area is 180 Å². The summed E-state index contributed by atoms with van der Waals surface area (Å²) < 4.78 is 2.59. The van der Waals surface area contributed by atoms with E-state index in [1.807, 2.05) is 22.9 Å². The lowest BCUT2D eigenvalue weighted by Crippen LogP contribution is -2.35. The third kappa shape index (κ3) is 3.98. The number of aromatic nitrogens is 1. The van der Waals surface area contributed by atoms with Crippen molar-refractivity contribution in [2.45, 2.75) is 51.6 Å². The number of thiocarbonyl (C=S) groups is 1. The van der Waals surface area contributed by atoms with Crippen molar-refractivity contribution in [1.29, 1.82) is 0 Å². The highest BCUT2D eigenvalue weighted by molar-refractivity contribution is 8.26. The average Bonchev–Trinajstić information content (AvgIpc) is 3.39. The third-order valence-electron chi connectivity index (χ3n) is 5.70. The number of rotatable bonds is 5. The van der Waals surface area contributed by atoms with Crippen molar-refractivity contribution < 1.29 is 9.59 Å². The molecular formula is C22H25N3O2S2. The lowest BCUT2D eigenvalue weighted by atomic mass is 10.1. The highest BCUT2D eigenvalue weighted by Crippen LogP contribution is 2.34. The Bertz CT molecular complexity index is 1020. The second-order valence-corrected chi connectivity index (χ2v) is 9.34. The van der Waals surface area contributed by atoms with Gasteiger partial charge in [0.2, 0.25) is 5.91 Å². The van der Waals surface area contributed by atoms with Gasteiger partial charge in [0.1, 0.15) is 10.9 Å². The van der Waals surface area contributed by atoms with E-state index in [2.05, 4.69) is 24.4 Å². The summed E-state index contributed by atoms with van der Waals surface area (Å²) in [4.78, 5) is 27.2. The normalized spacial score (nSPS) is 19.1. The van der Waals surface area contributed by atoms with Crippen molar-refractivity contribution in [3.05, 3.63) is 40.4 Å². The average molecular weight is 428 g/mol. The second-order valence-electron chi connectivity index (χ2n) is 7.67. The Hall–Kier alpha value is -2.12. The van der Waals surface area contributed by atoms with Gasteiger partial charge in [-0.2, -0.15) is 0 Å². The van der Waals surface area contributed by atoms with Crippen LogP contribution in [-0.2, 0) is 22.6 Å². The van der Waals surface area contributed by atoms with Crippen LogP contribution in [0.15, 0.2) is 29.3 Å². The van der Waals surface area contributed by atoms with E-state index in [-0.39, 0.29) is 18.4 Å². The van der Waals surface area contributed by atoms with Crippen molar-refractivity contribution in [3.63, 3.8) is 0 Å². The lowest BCUT2D eigenvalue weighted by molar-refractivity contribution is -0.122. The topological polar surface area (TPSA) is 54.3 Å². The number of para-hydroxylation sites is 1. The molecule has 2 aromatic rings. The minimum Gasteiger partial charge on any atom is -0.352 e. The molecule has 1 N–H and O–H groups in total. The minimum absolute atomic E-state index is 0.0474. The molecule has 1 aliphatic heterocycles. The Morgan fingerprint density at radius 3 is 2.76 bits per heavy atom. The van der Waals surface area contributed by atoms with Gasteiger partial charge in [-0.25, -0.2) is 0 Å². The van der Waals surface area contributed by atoms with Crippen LogP contribution in [0.5, 0.6) is 0 Å². The first kappa shape index (κ1) is 20.2. The number of amides is 2. The fourth-order valence-corrected chi connectivity index (χ4v) is 5.35. The number of hydrogen-bond acceptors (Lipinski definition) is 4. The molecule has 0 spiro atoms. The number of likely N-dealkylation sites (N-methyl/N-ethyl adjacent to an activating group) is 1. The molecule has 1 aromatic carbocycles. The molecule has 0 radical (unpaired) electrons. The zero-order chi connectivity index (χ0) is 20.5. The number of nitrogens with one attached hydrogen (secondary N) is 1. The zero-order valence-corrected chi connectivity index (χ0v) is 18.4. The fraction of sp³-hybridized carbons (Fsp3) is 0.409. The summed E-state index contributed by atoms with van der Waals surface area (Å²) in [6.45, 7) is 2.40. The summed E-state index contributed by atoms with van der Waals surface area (Å²) >= 11 is 6.57. The molecule has 29 heavy (non-hydrogen) atoms. The minimum atomic E-state index is -0.0773. The molecule has 0 bridgehead atoms. The monoisotopic (exact) mass is 427 g/mol. The first-order chi connectivity index (χ1) is 14.0. The largest absolute Gasteiger partial charge is 0.352 e. The molecule has 152 valence electrons. The van der Waals surface area contributed by atoms with E-state index in [4.69, 9.17) is 12.2 Å². The molecular weight excluding hydrogens is 402 g/mol. The van der Waals surface area contributed by atoms with Gasteiger partial charge in [-0.3, -0.25) is 14.5 Å². The van der Waals surface area contributed by atoms with Gasteiger partial charge in [0.15, 0.2) is 0 Å². The van der Waals surface area contributed by atoms with Crippen LogP contribution in [0.4, 0.5) is 0 Å². The SMILES string of the molecule is CCc1cccc2c(/C=C3\SC(=S)N(C)C3=O)cn(CC(=O)NC3CCCC3)c12. The maximum atomic E-state index is 12.7. The van der Waals surface area contributed by atoms with E-state index < -0.39 is 0 Å². The number of fused-ring (bicyclic) bond motifs is 1. The number of thioether (sulfide) groups is 1. The molecule has 1 aromatic heterocycles. The molecule has 2 aliphatic rings. The van der Waals surface area contributed by atoms with Crippen molar-refractivity contribution in [3.8, 4) is 0 Å². The van der Waals surface area contributed by atoms with E-state index in [1.165, 1.54) is 35.1 Å². The van der Waals surface area contributed by atoms with Crippen LogP contribution < -0.4 is 5.32 Å². The molecule has 7 heteroatoms. The Morgan fingerprint density at radius 1 is 1.34 bits per heavy atom. The first-order valence-corrected chi connectivity index (χ1v) is 11.3. The Balaban J connectivity index is 1.70. The Kier molecular flexibility index (Phi) is 5.79. The van der Waals surface area contributed by atoms with Gasteiger partial charge in [0.25, 0.3) is 5.91 Å². The molecule has 2 heterocycles. The van der Waals surface area contributed by atoms with Crippen LogP contribution in [-0.4, -0.2) is 38.7 Å². The van der Waals surface area contributed by atoms with Gasteiger partial charge >= 0.3 is 0 Å². The smallest absolute Gasteiger partial charge is 0.265 e. The first-order valence-electron chi connectivity index (χ1n) is 10.1. The van der Waals surface area contributed by atoms with E-state index in [0.29, 0.717) is 15.3 Å². The molecule has 2 amide bonds.